The molecule has 0 fully saturated rings. The number of anilines is 1. The molecule has 2 heterocycles. The average molecular weight is 568 g/mol. The number of hydrazone groups is 1. The molecular formula is C27H22ClN3O5S2. The molecule has 0 spiro atoms. The highest BCUT2D eigenvalue weighted by molar-refractivity contribution is 7.23. The van der Waals surface area contributed by atoms with E-state index in [4.69, 9.17) is 30.5 Å². The first-order valence-corrected chi connectivity index (χ1v) is 13.3. The Balaban J connectivity index is 1.62. The summed E-state index contributed by atoms with van der Waals surface area (Å²) in [5.41, 5.74) is 1.34. The predicted molar refractivity (Wildman–Crippen MR) is 154 cm³/mol. The average Bonchev–Trinajstić information content (AvgIpc) is 3.52. The van der Waals surface area contributed by atoms with Gasteiger partial charge in [0, 0.05) is 15.6 Å². The van der Waals surface area contributed by atoms with Crippen LogP contribution in [0.25, 0.3) is 20.3 Å². The van der Waals surface area contributed by atoms with E-state index in [9.17, 15) is 4.79 Å². The van der Waals surface area contributed by atoms with Gasteiger partial charge in [-0.1, -0.05) is 41.1 Å². The summed E-state index contributed by atoms with van der Waals surface area (Å²) >= 11 is 9.29. The Bertz CT molecular complexity index is 1660. The fourth-order valence-corrected chi connectivity index (χ4v) is 6.23. The SMILES string of the molecule is COc1ccc2nc(N(/N=C/c3cc(OC)c(OC)c(OC)c3)C(=O)c3sc4ccccc4c3Cl)sc2c1. The lowest BCUT2D eigenvalue weighted by Crippen LogP contribution is -2.25. The second-order valence-electron chi connectivity index (χ2n) is 7.89. The largest absolute Gasteiger partial charge is 0.497 e. The topological polar surface area (TPSA) is 82.5 Å². The Kier molecular flexibility index (Phi) is 7.37. The van der Waals surface area contributed by atoms with E-state index in [1.807, 2.05) is 42.5 Å². The van der Waals surface area contributed by atoms with Crippen molar-refractivity contribution in [2.24, 2.45) is 5.10 Å². The molecule has 2 aromatic heterocycles. The van der Waals surface area contributed by atoms with E-state index in [-0.39, 0.29) is 0 Å². The number of benzene rings is 3. The maximum absolute atomic E-state index is 13.9. The smallest absolute Gasteiger partial charge is 0.292 e. The lowest BCUT2D eigenvalue weighted by molar-refractivity contribution is 0.0992. The van der Waals surface area contributed by atoms with Crippen molar-refractivity contribution >= 4 is 71.8 Å². The molecule has 0 aliphatic carbocycles. The van der Waals surface area contributed by atoms with Crippen molar-refractivity contribution in [3.8, 4) is 23.0 Å². The minimum atomic E-state index is -0.397. The van der Waals surface area contributed by atoms with Gasteiger partial charge in [-0.25, -0.2) is 4.98 Å². The number of thiophene rings is 1. The third-order valence-corrected chi connectivity index (χ3v) is 8.35. The van der Waals surface area contributed by atoms with Crippen molar-refractivity contribution < 1.29 is 23.7 Å². The van der Waals surface area contributed by atoms with E-state index in [2.05, 4.69) is 10.1 Å². The highest BCUT2D eigenvalue weighted by Gasteiger charge is 2.26. The number of nitrogens with zero attached hydrogens (tertiary/aromatic N) is 3. The molecule has 8 nitrogen and oxygen atoms in total. The van der Waals surface area contributed by atoms with E-state index >= 15 is 0 Å². The normalized spacial score (nSPS) is 11.3. The molecule has 0 N–H and O–H groups in total. The van der Waals surface area contributed by atoms with Crippen LogP contribution in [0.4, 0.5) is 5.13 Å². The van der Waals surface area contributed by atoms with Gasteiger partial charge in [-0.3, -0.25) is 4.79 Å². The van der Waals surface area contributed by atoms with Crippen LogP contribution in [0.2, 0.25) is 5.02 Å². The summed E-state index contributed by atoms with van der Waals surface area (Å²) in [6.07, 6.45) is 1.54. The fourth-order valence-electron chi connectivity index (χ4n) is 3.85. The molecule has 5 rings (SSSR count). The van der Waals surface area contributed by atoms with Gasteiger partial charge in [0.15, 0.2) is 11.5 Å². The molecule has 0 aliphatic rings. The lowest BCUT2D eigenvalue weighted by Gasteiger charge is -2.14. The van der Waals surface area contributed by atoms with Gasteiger partial charge in [0.1, 0.15) is 10.6 Å². The maximum Gasteiger partial charge on any atom is 0.292 e. The van der Waals surface area contributed by atoms with Gasteiger partial charge in [0.25, 0.3) is 5.91 Å². The van der Waals surface area contributed by atoms with E-state index in [1.54, 1.807) is 19.2 Å². The zero-order valence-corrected chi connectivity index (χ0v) is 23.2. The van der Waals surface area contributed by atoms with Gasteiger partial charge in [-0.05, 0) is 36.4 Å². The number of amides is 1. The number of fused-ring (bicyclic) bond motifs is 2. The second-order valence-corrected chi connectivity index (χ2v) is 10.3. The fraction of sp³-hybridized carbons (Fsp3) is 0.148. The van der Waals surface area contributed by atoms with Crippen LogP contribution in [-0.4, -0.2) is 45.5 Å². The number of rotatable bonds is 8. The number of thiazole rings is 1. The number of ether oxygens (including phenoxy) is 4. The van der Waals surface area contributed by atoms with Crippen LogP contribution in [-0.2, 0) is 0 Å². The van der Waals surface area contributed by atoms with Crippen molar-refractivity contribution in [3.63, 3.8) is 0 Å². The minimum Gasteiger partial charge on any atom is -0.497 e. The van der Waals surface area contributed by atoms with Crippen molar-refractivity contribution in [1.29, 1.82) is 0 Å². The summed E-state index contributed by atoms with van der Waals surface area (Å²) in [5, 5.41) is 7.40. The summed E-state index contributed by atoms with van der Waals surface area (Å²) in [6.45, 7) is 0. The molecule has 0 saturated heterocycles. The predicted octanol–water partition coefficient (Wildman–Crippen LogP) is 6.88. The number of carbonyl (C=O) groups excluding carboxylic acids is 1. The number of hydrogen-bond acceptors (Lipinski definition) is 9. The van der Waals surface area contributed by atoms with Crippen molar-refractivity contribution in [3.05, 3.63) is 70.1 Å². The summed E-state index contributed by atoms with van der Waals surface area (Å²) in [7, 11) is 6.20. The van der Waals surface area contributed by atoms with E-state index < -0.39 is 5.91 Å². The minimum absolute atomic E-state index is 0.367. The molecule has 38 heavy (non-hydrogen) atoms. The molecule has 3 aromatic carbocycles. The highest BCUT2D eigenvalue weighted by atomic mass is 35.5. The first-order valence-electron chi connectivity index (χ1n) is 11.3. The molecule has 5 aromatic rings. The van der Waals surface area contributed by atoms with Crippen LogP contribution in [0, 0.1) is 0 Å². The Morgan fingerprint density at radius 2 is 1.66 bits per heavy atom. The van der Waals surface area contributed by atoms with E-state index in [1.165, 1.54) is 55.2 Å². The monoisotopic (exact) mass is 567 g/mol. The number of halogens is 1. The summed E-state index contributed by atoms with van der Waals surface area (Å²) in [6, 6.07) is 16.6. The van der Waals surface area contributed by atoms with Crippen LogP contribution in [0.5, 0.6) is 23.0 Å². The number of methoxy groups -OCH3 is 4. The Labute approximate surface area is 231 Å². The van der Waals surface area contributed by atoms with Gasteiger partial charge < -0.3 is 18.9 Å². The standard InChI is InChI=1S/C27H22ClN3O5S2/c1-33-16-9-10-18-22(13-16)38-27(30-18)31(26(32)25-23(28)17-7-5-6-8-21(17)37-25)29-14-15-11-19(34-2)24(36-4)20(12-15)35-3/h5-14H,1-4H3/b29-14+. The zero-order valence-electron chi connectivity index (χ0n) is 20.9. The number of hydrogen-bond donors (Lipinski definition) is 0. The van der Waals surface area contributed by atoms with E-state index in [0.29, 0.717) is 49.1 Å². The Morgan fingerprint density at radius 3 is 2.32 bits per heavy atom. The quantitative estimate of drug-likeness (QED) is 0.150. The van der Waals surface area contributed by atoms with Gasteiger partial charge in [-0.15, -0.1) is 11.3 Å². The molecule has 11 heteroatoms. The van der Waals surface area contributed by atoms with E-state index in [0.717, 1.165) is 14.8 Å². The van der Waals surface area contributed by atoms with Crippen molar-refractivity contribution in [2.75, 3.05) is 33.4 Å². The summed E-state index contributed by atoms with van der Waals surface area (Å²) in [5.74, 6) is 1.68. The van der Waals surface area contributed by atoms with Gasteiger partial charge in [0.05, 0.1) is 49.9 Å². The number of aromatic nitrogens is 1. The second kappa shape index (κ2) is 10.9. The number of carbonyl (C=O) groups is 1. The van der Waals surface area contributed by atoms with Gasteiger partial charge in [-0.2, -0.15) is 10.1 Å². The van der Waals surface area contributed by atoms with Gasteiger partial charge >= 0.3 is 0 Å². The van der Waals surface area contributed by atoms with Crippen LogP contribution in [0.15, 0.2) is 59.7 Å². The molecule has 0 saturated carbocycles. The third-order valence-electron chi connectivity index (χ3n) is 5.70. The van der Waals surface area contributed by atoms with Crippen LogP contribution in [0.1, 0.15) is 15.2 Å². The highest BCUT2D eigenvalue weighted by Crippen LogP contribution is 2.40. The first-order chi connectivity index (χ1) is 18.5. The Morgan fingerprint density at radius 1 is 0.921 bits per heavy atom. The maximum atomic E-state index is 13.9. The molecule has 194 valence electrons. The molecule has 0 unspecified atom stereocenters. The first kappa shape index (κ1) is 25.8. The van der Waals surface area contributed by atoms with Crippen LogP contribution < -0.4 is 24.0 Å². The van der Waals surface area contributed by atoms with Crippen LogP contribution in [0.3, 0.4) is 0 Å². The van der Waals surface area contributed by atoms with Crippen molar-refractivity contribution in [2.45, 2.75) is 0 Å². The summed E-state index contributed by atoms with van der Waals surface area (Å²) < 4.78 is 23.4. The molecule has 0 radical (unpaired) electrons. The van der Waals surface area contributed by atoms with Crippen molar-refractivity contribution in [1.82, 2.24) is 4.98 Å². The third kappa shape index (κ3) is 4.73. The zero-order chi connectivity index (χ0) is 26.8. The molecule has 0 atom stereocenters. The molecule has 0 bridgehead atoms. The molecular weight excluding hydrogens is 546 g/mol. The van der Waals surface area contributed by atoms with Crippen LogP contribution >= 0.6 is 34.3 Å². The molecule has 0 aliphatic heterocycles. The summed E-state index contributed by atoms with van der Waals surface area (Å²) in [4.78, 5) is 19.0. The molecule has 1 amide bonds. The van der Waals surface area contributed by atoms with Gasteiger partial charge in [0.2, 0.25) is 10.9 Å². The Hall–Kier alpha value is -3.86. The lowest BCUT2D eigenvalue weighted by atomic mass is 10.2.